The summed E-state index contributed by atoms with van der Waals surface area (Å²) in [5.74, 6) is 0. The minimum Gasteiger partial charge on any atom is -0.185 e. The Morgan fingerprint density at radius 2 is 2.00 bits per heavy atom. The monoisotopic (exact) mass is 237 g/mol. The average Bonchev–Trinajstić information content (AvgIpc) is 2.07. The number of hydrogen-bond acceptors (Lipinski definition) is 2. The Morgan fingerprint density at radius 3 is 2.50 bits per heavy atom. The standard InChI is InChI=1S/C8H3ClF3NS/c9-6-2-1-5(8(10,11)12)3-7(6)14-4-13/h1-3H. The fourth-order valence-electron chi connectivity index (χ4n) is 0.807. The van der Waals surface area contributed by atoms with Crippen molar-refractivity contribution in [1.29, 1.82) is 5.26 Å². The molecular formula is C8H3ClF3NS. The molecule has 1 rings (SSSR count). The van der Waals surface area contributed by atoms with Crippen LogP contribution in [0, 0.1) is 10.7 Å². The van der Waals surface area contributed by atoms with Crippen LogP contribution >= 0.6 is 23.4 Å². The lowest BCUT2D eigenvalue weighted by molar-refractivity contribution is -0.137. The van der Waals surface area contributed by atoms with Gasteiger partial charge in [-0.3, -0.25) is 0 Å². The van der Waals surface area contributed by atoms with E-state index in [1.807, 2.05) is 0 Å². The van der Waals surface area contributed by atoms with Crippen molar-refractivity contribution in [2.75, 3.05) is 0 Å². The third kappa shape index (κ3) is 2.56. The summed E-state index contributed by atoms with van der Waals surface area (Å²) in [4.78, 5) is 0.115. The van der Waals surface area contributed by atoms with Gasteiger partial charge in [-0.1, -0.05) is 11.6 Å². The molecule has 0 saturated carbocycles. The zero-order valence-electron chi connectivity index (χ0n) is 6.60. The summed E-state index contributed by atoms with van der Waals surface area (Å²) in [5.41, 5.74) is -0.806. The maximum atomic E-state index is 12.2. The van der Waals surface area contributed by atoms with Gasteiger partial charge in [0.15, 0.2) is 0 Å². The van der Waals surface area contributed by atoms with E-state index in [1.165, 1.54) is 0 Å². The summed E-state index contributed by atoms with van der Waals surface area (Å²) in [5, 5.41) is 10.1. The van der Waals surface area contributed by atoms with E-state index in [0.717, 1.165) is 18.2 Å². The van der Waals surface area contributed by atoms with Gasteiger partial charge in [0.1, 0.15) is 5.40 Å². The molecule has 0 unspecified atom stereocenters. The zero-order valence-corrected chi connectivity index (χ0v) is 8.17. The normalized spacial score (nSPS) is 11.1. The molecule has 1 aromatic rings. The SMILES string of the molecule is N#CSc1cc(C(F)(F)F)ccc1Cl. The molecule has 0 bridgehead atoms. The highest BCUT2D eigenvalue weighted by molar-refractivity contribution is 8.03. The number of thiocyanates is 1. The van der Waals surface area contributed by atoms with E-state index in [4.69, 9.17) is 16.9 Å². The van der Waals surface area contributed by atoms with Crippen LogP contribution < -0.4 is 0 Å². The Bertz CT molecular complexity index is 383. The first-order valence-electron chi connectivity index (χ1n) is 3.38. The van der Waals surface area contributed by atoms with Gasteiger partial charge < -0.3 is 0 Å². The summed E-state index contributed by atoms with van der Waals surface area (Å²) < 4.78 is 36.6. The van der Waals surface area contributed by atoms with E-state index in [2.05, 4.69) is 0 Å². The van der Waals surface area contributed by atoms with Crippen LogP contribution in [0.3, 0.4) is 0 Å². The van der Waals surface area contributed by atoms with E-state index < -0.39 is 11.7 Å². The number of nitriles is 1. The molecule has 1 aromatic carbocycles. The molecule has 0 fully saturated rings. The lowest BCUT2D eigenvalue weighted by atomic mass is 10.2. The molecular weight excluding hydrogens is 235 g/mol. The number of hydrogen-bond donors (Lipinski definition) is 0. The van der Waals surface area contributed by atoms with E-state index in [9.17, 15) is 13.2 Å². The summed E-state index contributed by atoms with van der Waals surface area (Å²) in [6.45, 7) is 0. The second-order valence-electron chi connectivity index (χ2n) is 2.34. The fraction of sp³-hybridized carbons (Fsp3) is 0.125. The van der Waals surface area contributed by atoms with E-state index in [0.29, 0.717) is 11.8 Å². The van der Waals surface area contributed by atoms with Crippen LogP contribution in [-0.4, -0.2) is 0 Å². The van der Waals surface area contributed by atoms with Crippen molar-refractivity contribution >= 4 is 23.4 Å². The summed E-state index contributed by atoms with van der Waals surface area (Å²) >= 11 is 6.19. The maximum Gasteiger partial charge on any atom is 0.416 e. The van der Waals surface area contributed by atoms with Crippen molar-refractivity contribution in [3.05, 3.63) is 28.8 Å². The highest BCUT2D eigenvalue weighted by atomic mass is 35.5. The van der Waals surface area contributed by atoms with Gasteiger partial charge in [0.2, 0.25) is 0 Å². The van der Waals surface area contributed by atoms with Gasteiger partial charge in [-0.15, -0.1) is 0 Å². The molecule has 0 N–H and O–H groups in total. The Morgan fingerprint density at radius 1 is 1.36 bits per heavy atom. The first-order chi connectivity index (χ1) is 6.45. The van der Waals surface area contributed by atoms with Crippen LogP contribution in [0.2, 0.25) is 5.02 Å². The van der Waals surface area contributed by atoms with E-state index >= 15 is 0 Å². The van der Waals surface area contributed by atoms with Gasteiger partial charge in [-0.25, -0.2) is 0 Å². The lowest BCUT2D eigenvalue weighted by Gasteiger charge is -2.07. The molecule has 74 valence electrons. The summed E-state index contributed by atoms with van der Waals surface area (Å²) in [7, 11) is 0. The topological polar surface area (TPSA) is 23.8 Å². The number of benzene rings is 1. The molecule has 0 aliphatic heterocycles. The van der Waals surface area contributed by atoms with E-state index in [-0.39, 0.29) is 9.92 Å². The first kappa shape index (κ1) is 11.2. The molecule has 1 nitrogen and oxygen atoms in total. The number of nitrogens with zero attached hydrogens (tertiary/aromatic N) is 1. The largest absolute Gasteiger partial charge is 0.416 e. The van der Waals surface area contributed by atoms with Gasteiger partial charge in [0.25, 0.3) is 0 Å². The molecule has 0 atom stereocenters. The first-order valence-corrected chi connectivity index (χ1v) is 4.57. The molecule has 0 saturated heterocycles. The molecule has 0 aliphatic rings. The lowest BCUT2D eigenvalue weighted by Crippen LogP contribution is -2.04. The predicted molar refractivity (Wildman–Crippen MR) is 47.9 cm³/mol. The molecule has 14 heavy (non-hydrogen) atoms. The van der Waals surface area contributed by atoms with Crippen molar-refractivity contribution in [3.8, 4) is 5.40 Å². The molecule has 6 heteroatoms. The van der Waals surface area contributed by atoms with Crippen molar-refractivity contribution in [2.45, 2.75) is 11.1 Å². The Hall–Kier alpha value is -0.860. The number of rotatable bonds is 1. The predicted octanol–water partition coefficient (Wildman–Crippen LogP) is 3.93. The second-order valence-corrected chi connectivity index (χ2v) is 3.57. The summed E-state index contributed by atoms with van der Waals surface area (Å²) in [6, 6.07) is 2.87. The van der Waals surface area contributed by atoms with Crippen molar-refractivity contribution in [3.63, 3.8) is 0 Å². The van der Waals surface area contributed by atoms with Crippen LogP contribution in [0.25, 0.3) is 0 Å². The van der Waals surface area contributed by atoms with Crippen molar-refractivity contribution in [1.82, 2.24) is 0 Å². The number of thioether (sulfide) groups is 1. The highest BCUT2D eigenvalue weighted by Gasteiger charge is 2.30. The second kappa shape index (κ2) is 4.11. The minimum atomic E-state index is -4.41. The average molecular weight is 238 g/mol. The highest BCUT2D eigenvalue weighted by Crippen LogP contribution is 2.35. The Labute approximate surface area is 87.5 Å². The van der Waals surface area contributed by atoms with Gasteiger partial charge in [0, 0.05) is 4.90 Å². The van der Waals surface area contributed by atoms with Crippen LogP contribution in [0.4, 0.5) is 13.2 Å². The molecule has 0 amide bonds. The number of halogens is 4. The van der Waals surface area contributed by atoms with Crippen LogP contribution in [0.5, 0.6) is 0 Å². The molecule has 0 radical (unpaired) electrons. The quantitative estimate of drug-likeness (QED) is 0.546. The summed E-state index contributed by atoms with van der Waals surface area (Å²) in [6.07, 6.45) is -4.41. The maximum absolute atomic E-state index is 12.2. The fourth-order valence-corrected chi connectivity index (χ4v) is 1.49. The molecule has 0 aromatic heterocycles. The van der Waals surface area contributed by atoms with Crippen LogP contribution in [0.1, 0.15) is 5.56 Å². The van der Waals surface area contributed by atoms with Gasteiger partial charge in [-0.2, -0.15) is 18.4 Å². The Kier molecular flexibility index (Phi) is 3.29. The molecule has 0 spiro atoms. The van der Waals surface area contributed by atoms with Crippen LogP contribution in [0.15, 0.2) is 23.1 Å². The van der Waals surface area contributed by atoms with Gasteiger partial charge >= 0.3 is 6.18 Å². The van der Waals surface area contributed by atoms with Gasteiger partial charge in [0.05, 0.1) is 10.6 Å². The molecule has 0 aliphatic carbocycles. The third-order valence-corrected chi connectivity index (χ3v) is 2.50. The van der Waals surface area contributed by atoms with Gasteiger partial charge in [-0.05, 0) is 30.0 Å². The smallest absolute Gasteiger partial charge is 0.185 e. The Balaban J connectivity index is 3.14. The third-order valence-electron chi connectivity index (χ3n) is 1.41. The van der Waals surface area contributed by atoms with Crippen molar-refractivity contribution in [2.24, 2.45) is 0 Å². The zero-order chi connectivity index (χ0) is 10.8. The van der Waals surface area contributed by atoms with Crippen LogP contribution in [-0.2, 0) is 6.18 Å². The minimum absolute atomic E-state index is 0.115. The number of alkyl halides is 3. The van der Waals surface area contributed by atoms with E-state index in [1.54, 1.807) is 5.40 Å². The molecule has 0 heterocycles. The van der Waals surface area contributed by atoms with Crippen molar-refractivity contribution < 1.29 is 13.2 Å².